The van der Waals surface area contributed by atoms with Crippen molar-refractivity contribution in [3.05, 3.63) is 110 Å². The lowest BCUT2D eigenvalue weighted by Gasteiger charge is -2.19. The topological polar surface area (TPSA) is 99.4 Å². The van der Waals surface area contributed by atoms with Gasteiger partial charge in [-0.2, -0.15) is 0 Å². The van der Waals surface area contributed by atoms with Gasteiger partial charge >= 0.3 is 11.7 Å². The Bertz CT molecular complexity index is 1260. The summed E-state index contributed by atoms with van der Waals surface area (Å²) in [5.41, 5.74) is 1.14. The highest BCUT2D eigenvalue weighted by Crippen LogP contribution is 2.18. The van der Waals surface area contributed by atoms with Crippen molar-refractivity contribution in [3.63, 3.8) is 0 Å². The number of amides is 1. The third kappa shape index (κ3) is 6.39. The first-order valence-corrected chi connectivity index (χ1v) is 10.3. The molecule has 0 saturated carbocycles. The minimum atomic E-state index is -0.777. The summed E-state index contributed by atoms with van der Waals surface area (Å²) in [6, 6.07) is 19.0. The lowest BCUT2D eigenvalue weighted by Crippen LogP contribution is -2.37. The summed E-state index contributed by atoms with van der Waals surface area (Å²) in [5, 5.41) is 2.91. The van der Waals surface area contributed by atoms with E-state index in [0.717, 1.165) is 21.8 Å². The van der Waals surface area contributed by atoms with E-state index in [2.05, 4.69) is 5.32 Å². The Labute approximate surface area is 190 Å². The van der Waals surface area contributed by atoms with Crippen LogP contribution in [0.4, 0.5) is 0 Å². The average molecular weight is 447 g/mol. The predicted molar refractivity (Wildman–Crippen MR) is 124 cm³/mol. The molecule has 170 valence electrons. The quantitative estimate of drug-likeness (QED) is 0.419. The van der Waals surface area contributed by atoms with Gasteiger partial charge in [-0.05, 0) is 23.6 Å². The van der Waals surface area contributed by atoms with Crippen LogP contribution in [0.1, 0.15) is 22.7 Å². The summed E-state index contributed by atoms with van der Waals surface area (Å²) < 4.78 is 7.19. The normalized spacial score (nSPS) is 11.8. The molecule has 0 spiro atoms. The van der Waals surface area contributed by atoms with Crippen molar-refractivity contribution in [2.75, 3.05) is 6.61 Å². The molecule has 8 heteroatoms. The molecule has 0 aliphatic rings. The maximum Gasteiger partial charge on any atom is 0.331 e. The van der Waals surface area contributed by atoms with Gasteiger partial charge in [0.15, 0.2) is 6.61 Å². The molecular formula is C25H25N3O5. The maximum absolute atomic E-state index is 12.5. The number of carbonyl (C=O) groups excluding carboxylic acids is 2. The monoisotopic (exact) mass is 447 g/mol. The van der Waals surface area contributed by atoms with Gasteiger partial charge in [-0.25, -0.2) is 9.59 Å². The van der Waals surface area contributed by atoms with Crippen LogP contribution in [-0.2, 0) is 34.8 Å². The number of ether oxygens (including phenoxy) is 1. The molecule has 3 rings (SSSR count). The molecule has 1 unspecified atom stereocenters. The van der Waals surface area contributed by atoms with Crippen molar-refractivity contribution in [2.24, 2.45) is 14.1 Å². The SMILES string of the molecule is Cn1cc(/C=C/C(=O)OCC(=O)NC(Cc2ccccc2)c2ccccc2)c(=O)n(C)c1=O. The molecule has 0 aliphatic heterocycles. The van der Waals surface area contributed by atoms with Crippen LogP contribution in [0.15, 0.2) is 82.5 Å². The van der Waals surface area contributed by atoms with Gasteiger partial charge in [0, 0.05) is 26.4 Å². The van der Waals surface area contributed by atoms with Gasteiger partial charge in [-0.1, -0.05) is 60.7 Å². The predicted octanol–water partition coefficient (Wildman–Crippen LogP) is 1.74. The summed E-state index contributed by atoms with van der Waals surface area (Å²) in [6.45, 7) is -0.466. The Morgan fingerprint density at radius 3 is 2.30 bits per heavy atom. The molecule has 0 aliphatic carbocycles. The smallest absolute Gasteiger partial charge is 0.331 e. The summed E-state index contributed by atoms with van der Waals surface area (Å²) in [6.07, 6.45) is 4.22. The number of esters is 1. The Hall–Kier alpha value is -4.20. The molecule has 1 heterocycles. The summed E-state index contributed by atoms with van der Waals surface area (Å²) >= 11 is 0. The molecule has 0 fully saturated rings. The minimum absolute atomic E-state index is 0.146. The standard InChI is InChI=1S/C25H25N3O5/c1-27-16-20(24(31)28(2)25(27)32)13-14-23(30)33-17-22(29)26-21(19-11-7-4-8-12-19)15-18-9-5-3-6-10-18/h3-14,16,21H,15,17H2,1-2H3,(H,26,29)/b14-13+. The zero-order valence-corrected chi connectivity index (χ0v) is 18.4. The zero-order valence-electron chi connectivity index (χ0n) is 18.4. The molecule has 2 aromatic carbocycles. The third-order valence-electron chi connectivity index (χ3n) is 5.04. The van der Waals surface area contributed by atoms with Gasteiger partial charge in [0.25, 0.3) is 11.5 Å². The second-order valence-electron chi connectivity index (χ2n) is 7.50. The molecule has 0 bridgehead atoms. The highest BCUT2D eigenvalue weighted by atomic mass is 16.5. The van der Waals surface area contributed by atoms with Crippen LogP contribution in [0.2, 0.25) is 0 Å². The van der Waals surface area contributed by atoms with Crippen LogP contribution in [0.25, 0.3) is 6.08 Å². The first-order valence-electron chi connectivity index (χ1n) is 10.3. The zero-order chi connectivity index (χ0) is 23.8. The molecule has 3 aromatic rings. The van der Waals surface area contributed by atoms with E-state index in [4.69, 9.17) is 4.74 Å². The van der Waals surface area contributed by atoms with Gasteiger partial charge in [-0.15, -0.1) is 0 Å². The van der Waals surface area contributed by atoms with Gasteiger partial charge < -0.3 is 14.6 Å². The molecule has 1 aromatic heterocycles. The lowest BCUT2D eigenvalue weighted by atomic mass is 9.99. The highest BCUT2D eigenvalue weighted by Gasteiger charge is 2.16. The van der Waals surface area contributed by atoms with E-state index < -0.39 is 29.7 Å². The molecule has 33 heavy (non-hydrogen) atoms. The van der Waals surface area contributed by atoms with Crippen molar-refractivity contribution >= 4 is 18.0 Å². The summed E-state index contributed by atoms with van der Waals surface area (Å²) in [7, 11) is 2.85. The molecule has 0 radical (unpaired) electrons. The molecular weight excluding hydrogens is 422 g/mol. The third-order valence-corrected chi connectivity index (χ3v) is 5.04. The molecule has 8 nitrogen and oxygen atoms in total. The minimum Gasteiger partial charge on any atom is -0.452 e. The van der Waals surface area contributed by atoms with E-state index in [1.54, 1.807) is 0 Å². The first-order chi connectivity index (χ1) is 15.8. The Kier molecular flexibility index (Phi) is 7.75. The number of aryl methyl sites for hydroxylation is 1. The van der Waals surface area contributed by atoms with Crippen LogP contribution in [0, 0.1) is 0 Å². The van der Waals surface area contributed by atoms with Crippen LogP contribution >= 0.6 is 0 Å². The highest BCUT2D eigenvalue weighted by molar-refractivity contribution is 5.89. The number of aromatic nitrogens is 2. The van der Waals surface area contributed by atoms with Gasteiger partial charge in [0.1, 0.15) is 0 Å². The van der Waals surface area contributed by atoms with Crippen LogP contribution in [-0.4, -0.2) is 27.6 Å². The van der Waals surface area contributed by atoms with Gasteiger partial charge in [0.2, 0.25) is 0 Å². The van der Waals surface area contributed by atoms with E-state index >= 15 is 0 Å². The number of nitrogens with zero attached hydrogens (tertiary/aromatic N) is 2. The number of rotatable bonds is 8. The van der Waals surface area contributed by atoms with Gasteiger partial charge in [0.05, 0.1) is 11.6 Å². The second kappa shape index (κ2) is 10.9. The number of carbonyl (C=O) groups is 2. The summed E-state index contributed by atoms with van der Waals surface area (Å²) in [5.74, 6) is -1.22. The van der Waals surface area contributed by atoms with E-state index in [1.807, 2.05) is 60.7 Å². The van der Waals surface area contributed by atoms with Crippen LogP contribution in [0.5, 0.6) is 0 Å². The van der Waals surface area contributed by atoms with Crippen molar-refractivity contribution in [2.45, 2.75) is 12.5 Å². The average Bonchev–Trinajstić information content (AvgIpc) is 2.83. The Morgan fingerprint density at radius 1 is 1.00 bits per heavy atom. The Balaban J connectivity index is 1.62. The number of hydrogen-bond acceptors (Lipinski definition) is 5. The van der Waals surface area contributed by atoms with Crippen molar-refractivity contribution < 1.29 is 14.3 Å². The van der Waals surface area contributed by atoms with Crippen molar-refractivity contribution in [1.82, 2.24) is 14.5 Å². The fourth-order valence-corrected chi connectivity index (χ4v) is 3.32. The van der Waals surface area contributed by atoms with E-state index in [-0.39, 0.29) is 11.6 Å². The first kappa shape index (κ1) is 23.5. The largest absolute Gasteiger partial charge is 0.452 e. The second-order valence-corrected chi connectivity index (χ2v) is 7.50. The molecule has 1 atom stereocenters. The molecule has 1 N–H and O–H groups in total. The van der Waals surface area contributed by atoms with E-state index in [0.29, 0.717) is 6.42 Å². The lowest BCUT2D eigenvalue weighted by molar-refractivity contribution is -0.144. The van der Waals surface area contributed by atoms with Crippen molar-refractivity contribution in [1.29, 1.82) is 0 Å². The van der Waals surface area contributed by atoms with E-state index in [9.17, 15) is 19.2 Å². The maximum atomic E-state index is 12.5. The number of nitrogens with one attached hydrogen (secondary N) is 1. The Morgan fingerprint density at radius 2 is 1.64 bits per heavy atom. The number of hydrogen-bond donors (Lipinski definition) is 1. The fourth-order valence-electron chi connectivity index (χ4n) is 3.32. The van der Waals surface area contributed by atoms with E-state index in [1.165, 1.54) is 30.9 Å². The van der Waals surface area contributed by atoms with Crippen LogP contribution < -0.4 is 16.6 Å². The molecule has 1 amide bonds. The van der Waals surface area contributed by atoms with Crippen molar-refractivity contribution in [3.8, 4) is 0 Å². The molecule has 0 saturated heterocycles. The summed E-state index contributed by atoms with van der Waals surface area (Å²) in [4.78, 5) is 48.4. The van der Waals surface area contributed by atoms with Gasteiger partial charge in [-0.3, -0.25) is 14.2 Å². The number of benzene rings is 2. The fraction of sp³-hybridized carbons (Fsp3) is 0.200. The van der Waals surface area contributed by atoms with Crippen LogP contribution in [0.3, 0.4) is 0 Å².